The number of hydrogen-bond donors (Lipinski definition) is 1. The van der Waals surface area contributed by atoms with Gasteiger partial charge >= 0.3 is 0 Å². The molecule has 0 aromatic heterocycles. The number of anilines is 1. The van der Waals surface area contributed by atoms with Crippen molar-refractivity contribution in [2.75, 3.05) is 50.7 Å². The highest BCUT2D eigenvalue weighted by atomic mass is 16.2. The lowest BCUT2D eigenvalue weighted by molar-refractivity contribution is -0.163. The van der Waals surface area contributed by atoms with E-state index in [0.29, 0.717) is 24.8 Å². The lowest BCUT2D eigenvalue weighted by atomic mass is 9.97. The van der Waals surface area contributed by atoms with E-state index < -0.39 is 0 Å². The predicted octanol–water partition coefficient (Wildman–Crippen LogP) is 1.22. The second-order valence-electron chi connectivity index (χ2n) is 9.14. The predicted molar refractivity (Wildman–Crippen MR) is 116 cm³/mol. The van der Waals surface area contributed by atoms with E-state index in [0.717, 1.165) is 61.4 Å². The molecule has 1 aromatic carbocycles. The fraction of sp³-hybridized carbons (Fsp3) is 0.609. The second kappa shape index (κ2) is 8.59. The Kier molecular flexibility index (Phi) is 5.67. The van der Waals surface area contributed by atoms with E-state index in [9.17, 15) is 14.4 Å². The van der Waals surface area contributed by atoms with Gasteiger partial charge in [-0.1, -0.05) is 0 Å². The van der Waals surface area contributed by atoms with Crippen molar-refractivity contribution in [1.29, 1.82) is 0 Å². The first-order valence-corrected chi connectivity index (χ1v) is 11.6. The van der Waals surface area contributed by atoms with Crippen LogP contribution in [0.15, 0.2) is 18.2 Å². The topological polar surface area (TPSA) is 76.2 Å². The van der Waals surface area contributed by atoms with Gasteiger partial charge in [0.2, 0.25) is 11.8 Å². The van der Waals surface area contributed by atoms with Crippen molar-refractivity contribution >= 4 is 23.4 Å². The number of carbonyl (C=O) groups is 3. The van der Waals surface area contributed by atoms with Crippen LogP contribution in [0.1, 0.15) is 48.0 Å². The van der Waals surface area contributed by atoms with Crippen molar-refractivity contribution < 1.29 is 14.4 Å². The van der Waals surface area contributed by atoms with Gasteiger partial charge in [-0.3, -0.25) is 19.3 Å². The Hall–Kier alpha value is -2.45. The van der Waals surface area contributed by atoms with Crippen LogP contribution in [0.2, 0.25) is 0 Å². The molecule has 4 aliphatic heterocycles. The van der Waals surface area contributed by atoms with E-state index >= 15 is 0 Å². The molecule has 0 bridgehead atoms. The van der Waals surface area contributed by atoms with Gasteiger partial charge in [-0.05, 0) is 62.0 Å². The Bertz CT molecular complexity index is 858. The minimum Gasteiger partial charge on any atom is -0.369 e. The van der Waals surface area contributed by atoms with Crippen molar-refractivity contribution in [3.05, 3.63) is 29.3 Å². The number of fused-ring (bicyclic) bond motifs is 1. The maximum atomic E-state index is 12.9. The molecule has 4 heterocycles. The summed E-state index contributed by atoms with van der Waals surface area (Å²) in [6.45, 7) is 7.84. The van der Waals surface area contributed by atoms with Crippen LogP contribution in [0.5, 0.6) is 0 Å². The smallest absolute Gasteiger partial charge is 0.273 e. The highest BCUT2D eigenvalue weighted by molar-refractivity contribution is 6.04. The summed E-state index contributed by atoms with van der Waals surface area (Å²) in [5, 5.41) is 5.84. The summed E-state index contributed by atoms with van der Waals surface area (Å²) >= 11 is 0. The van der Waals surface area contributed by atoms with Crippen LogP contribution in [-0.4, -0.2) is 78.5 Å². The van der Waals surface area contributed by atoms with Crippen LogP contribution in [0, 0.1) is 5.92 Å². The zero-order chi connectivity index (χ0) is 21.4. The normalized spacial score (nSPS) is 23.6. The third-order valence-corrected chi connectivity index (χ3v) is 7.08. The zero-order valence-electron chi connectivity index (χ0n) is 18.0. The maximum Gasteiger partial charge on any atom is 0.273 e. The monoisotopic (exact) mass is 425 g/mol. The summed E-state index contributed by atoms with van der Waals surface area (Å²) in [6.07, 6.45) is 3.75. The molecule has 0 radical (unpaired) electrons. The van der Waals surface area contributed by atoms with Crippen LogP contribution in [0.3, 0.4) is 0 Å². The molecule has 166 valence electrons. The van der Waals surface area contributed by atoms with Crippen molar-refractivity contribution in [1.82, 2.24) is 20.2 Å². The summed E-state index contributed by atoms with van der Waals surface area (Å²) in [5.41, 5.74) is 2.61. The number of carbonyl (C=O) groups excluding carboxylic acids is 3. The zero-order valence-corrected chi connectivity index (χ0v) is 18.0. The van der Waals surface area contributed by atoms with Gasteiger partial charge in [-0.2, -0.15) is 5.01 Å². The van der Waals surface area contributed by atoms with Crippen LogP contribution < -0.4 is 10.2 Å². The van der Waals surface area contributed by atoms with Crippen molar-refractivity contribution in [2.45, 2.75) is 38.6 Å². The fourth-order valence-electron chi connectivity index (χ4n) is 5.28. The minimum absolute atomic E-state index is 0.253. The number of rotatable bonds is 4. The Labute approximate surface area is 183 Å². The number of nitrogens with zero attached hydrogens (tertiary/aromatic N) is 4. The highest BCUT2D eigenvalue weighted by Crippen LogP contribution is 2.30. The van der Waals surface area contributed by atoms with Crippen LogP contribution in [-0.2, 0) is 16.1 Å². The average molecular weight is 426 g/mol. The van der Waals surface area contributed by atoms with E-state index in [1.165, 1.54) is 24.4 Å². The minimum atomic E-state index is -0.275. The molecule has 8 heteroatoms. The van der Waals surface area contributed by atoms with Crippen LogP contribution in [0.25, 0.3) is 0 Å². The van der Waals surface area contributed by atoms with E-state index in [2.05, 4.69) is 21.2 Å². The number of hydrazine groups is 1. The van der Waals surface area contributed by atoms with Crippen molar-refractivity contribution in [3.8, 4) is 0 Å². The van der Waals surface area contributed by atoms with Gasteiger partial charge in [-0.15, -0.1) is 0 Å². The molecule has 5 rings (SSSR count). The van der Waals surface area contributed by atoms with Crippen LogP contribution >= 0.6 is 0 Å². The molecular weight excluding hydrogens is 394 g/mol. The lowest BCUT2D eigenvalue weighted by Crippen LogP contribution is -2.51. The Balaban J connectivity index is 1.22. The average Bonchev–Trinajstić information content (AvgIpc) is 3.10. The number of imide groups is 1. The Morgan fingerprint density at radius 2 is 1.65 bits per heavy atom. The molecule has 3 saturated heterocycles. The molecule has 0 saturated carbocycles. The number of benzene rings is 1. The molecule has 8 nitrogen and oxygen atoms in total. The Morgan fingerprint density at radius 3 is 2.35 bits per heavy atom. The highest BCUT2D eigenvalue weighted by Gasteiger charge is 2.39. The summed E-state index contributed by atoms with van der Waals surface area (Å²) in [4.78, 5) is 42.4. The van der Waals surface area contributed by atoms with E-state index in [-0.39, 0.29) is 24.3 Å². The third-order valence-electron chi connectivity index (χ3n) is 7.08. The van der Waals surface area contributed by atoms with Crippen molar-refractivity contribution in [2.24, 2.45) is 5.92 Å². The van der Waals surface area contributed by atoms with Crippen molar-refractivity contribution in [3.63, 3.8) is 0 Å². The van der Waals surface area contributed by atoms with E-state index in [4.69, 9.17) is 0 Å². The van der Waals surface area contributed by atoms with Gasteiger partial charge in [0.15, 0.2) is 0 Å². The van der Waals surface area contributed by atoms with Gasteiger partial charge in [0, 0.05) is 56.8 Å². The number of piperazine rings is 1. The standard InChI is InChI=1S/C23H31N5O3/c29-21-2-1-3-22(30)28(21)27-16-18-14-19(4-5-20(18)23(27)31)26-12-10-25(11-13-26)15-17-6-8-24-9-7-17/h4-5,14,17,24H,1-3,6-13,15-16H2. The molecule has 0 atom stereocenters. The first-order chi connectivity index (χ1) is 15.1. The summed E-state index contributed by atoms with van der Waals surface area (Å²) < 4.78 is 0. The summed E-state index contributed by atoms with van der Waals surface area (Å²) in [6, 6.07) is 5.92. The molecule has 31 heavy (non-hydrogen) atoms. The first-order valence-electron chi connectivity index (χ1n) is 11.6. The van der Waals surface area contributed by atoms with Gasteiger partial charge in [0.1, 0.15) is 0 Å². The molecule has 3 amide bonds. The molecule has 1 aromatic rings. The van der Waals surface area contributed by atoms with E-state index in [1.54, 1.807) is 0 Å². The number of hydrogen-bond acceptors (Lipinski definition) is 6. The lowest BCUT2D eigenvalue weighted by Gasteiger charge is -2.38. The summed E-state index contributed by atoms with van der Waals surface area (Å²) in [5.74, 6) is 0.00642. The van der Waals surface area contributed by atoms with E-state index in [1.807, 2.05) is 12.1 Å². The SMILES string of the molecule is O=C1c2ccc(N3CCN(CC4CCNCC4)CC3)cc2CN1N1C(=O)CCCC1=O. The number of nitrogens with one attached hydrogen (secondary N) is 1. The van der Waals surface area contributed by atoms with Gasteiger partial charge in [-0.25, -0.2) is 5.01 Å². The maximum absolute atomic E-state index is 12.9. The molecular formula is C23H31N5O3. The molecule has 3 fully saturated rings. The molecule has 1 N–H and O–H groups in total. The van der Waals surface area contributed by atoms with Crippen LogP contribution in [0.4, 0.5) is 5.69 Å². The Morgan fingerprint density at radius 1 is 0.935 bits per heavy atom. The fourth-order valence-corrected chi connectivity index (χ4v) is 5.28. The van der Waals surface area contributed by atoms with Gasteiger partial charge in [0.05, 0.1) is 6.54 Å². The van der Waals surface area contributed by atoms with Gasteiger partial charge < -0.3 is 10.2 Å². The summed E-state index contributed by atoms with van der Waals surface area (Å²) in [7, 11) is 0. The number of amides is 3. The number of piperidine rings is 2. The molecule has 0 spiro atoms. The second-order valence-corrected chi connectivity index (χ2v) is 9.14. The van der Waals surface area contributed by atoms with Gasteiger partial charge in [0.25, 0.3) is 5.91 Å². The first kappa shape index (κ1) is 20.5. The quantitative estimate of drug-likeness (QED) is 0.731. The third kappa shape index (κ3) is 4.06. The largest absolute Gasteiger partial charge is 0.369 e. The molecule has 0 unspecified atom stereocenters. The molecule has 4 aliphatic rings. The molecule has 0 aliphatic carbocycles.